The van der Waals surface area contributed by atoms with Crippen molar-refractivity contribution in [3.05, 3.63) is 16.1 Å². The number of carbonyl (C=O) groups is 1. The quantitative estimate of drug-likeness (QED) is 0.769. The van der Waals surface area contributed by atoms with E-state index in [0.717, 1.165) is 10.7 Å². The van der Waals surface area contributed by atoms with Gasteiger partial charge in [-0.1, -0.05) is 27.7 Å². The molecule has 0 fully saturated rings. The molecule has 1 aromatic heterocycles. The molecule has 0 bridgehead atoms. The van der Waals surface area contributed by atoms with Gasteiger partial charge in [-0.05, 0) is 0 Å². The van der Waals surface area contributed by atoms with Crippen LogP contribution in [-0.2, 0) is 16.6 Å². The second-order valence-electron chi connectivity index (χ2n) is 4.45. The molecule has 0 atom stereocenters. The molecule has 14 heavy (non-hydrogen) atoms. The maximum Gasteiger partial charge on any atom is 0.139 e. The van der Waals surface area contributed by atoms with E-state index in [1.165, 1.54) is 0 Å². The van der Waals surface area contributed by atoms with Crippen molar-refractivity contribution in [2.45, 2.75) is 46.0 Å². The normalized spacial score (nSPS) is 11.7. The maximum atomic E-state index is 11.2. The number of hydrogen-bond donors (Lipinski definition) is 0. The summed E-state index contributed by atoms with van der Waals surface area (Å²) in [5.41, 5.74) is 1.17. The van der Waals surface area contributed by atoms with Gasteiger partial charge in [-0.25, -0.2) is 4.98 Å². The van der Waals surface area contributed by atoms with E-state index in [9.17, 15) is 4.79 Å². The van der Waals surface area contributed by atoms with Crippen molar-refractivity contribution < 1.29 is 4.79 Å². The first-order valence-electron chi connectivity index (χ1n) is 4.90. The van der Waals surface area contributed by atoms with E-state index in [1.807, 2.05) is 6.92 Å². The average molecular weight is 211 g/mol. The van der Waals surface area contributed by atoms with E-state index < -0.39 is 0 Å². The van der Waals surface area contributed by atoms with Gasteiger partial charge < -0.3 is 0 Å². The standard InChI is InChI=1S/C11H17NOS/c1-5-8(13)6-10-12-9(7-14-10)11(2,3)4/h7H,5-6H2,1-4H3. The first kappa shape index (κ1) is 11.4. The van der Waals surface area contributed by atoms with Gasteiger partial charge in [0.25, 0.3) is 0 Å². The van der Waals surface area contributed by atoms with Crippen LogP contribution in [0.5, 0.6) is 0 Å². The van der Waals surface area contributed by atoms with Gasteiger partial charge in [0, 0.05) is 17.2 Å². The molecule has 2 nitrogen and oxygen atoms in total. The molecule has 0 radical (unpaired) electrons. The second kappa shape index (κ2) is 4.22. The Labute approximate surface area is 89.4 Å². The third kappa shape index (κ3) is 2.91. The van der Waals surface area contributed by atoms with Crippen LogP contribution in [-0.4, -0.2) is 10.8 Å². The smallest absolute Gasteiger partial charge is 0.139 e. The van der Waals surface area contributed by atoms with E-state index in [-0.39, 0.29) is 11.2 Å². The summed E-state index contributed by atoms with van der Waals surface area (Å²) in [6, 6.07) is 0. The van der Waals surface area contributed by atoms with E-state index in [0.29, 0.717) is 12.8 Å². The van der Waals surface area contributed by atoms with E-state index in [4.69, 9.17) is 0 Å². The maximum absolute atomic E-state index is 11.2. The molecule has 0 spiro atoms. The van der Waals surface area contributed by atoms with Crippen LogP contribution >= 0.6 is 11.3 Å². The Hall–Kier alpha value is -0.700. The number of hydrogen-bond acceptors (Lipinski definition) is 3. The van der Waals surface area contributed by atoms with Crippen molar-refractivity contribution in [2.75, 3.05) is 0 Å². The zero-order valence-electron chi connectivity index (χ0n) is 9.26. The molecule has 3 heteroatoms. The second-order valence-corrected chi connectivity index (χ2v) is 5.39. The van der Waals surface area contributed by atoms with Crippen molar-refractivity contribution in [2.24, 2.45) is 0 Å². The summed E-state index contributed by atoms with van der Waals surface area (Å²) in [6.45, 7) is 8.29. The lowest BCUT2D eigenvalue weighted by atomic mass is 9.93. The first-order chi connectivity index (χ1) is 6.43. The highest BCUT2D eigenvalue weighted by Gasteiger charge is 2.17. The third-order valence-corrected chi connectivity index (χ3v) is 2.91. The van der Waals surface area contributed by atoms with Crippen molar-refractivity contribution in [1.82, 2.24) is 4.98 Å². The number of ketones is 1. The third-order valence-electron chi connectivity index (χ3n) is 2.06. The lowest BCUT2D eigenvalue weighted by Crippen LogP contribution is -2.12. The van der Waals surface area contributed by atoms with Crippen molar-refractivity contribution in [3.8, 4) is 0 Å². The molecule has 0 amide bonds. The Kier molecular flexibility index (Phi) is 3.43. The summed E-state index contributed by atoms with van der Waals surface area (Å²) in [7, 11) is 0. The van der Waals surface area contributed by atoms with Crippen molar-refractivity contribution in [3.63, 3.8) is 0 Å². The Bertz CT molecular complexity index is 322. The minimum Gasteiger partial charge on any atom is -0.299 e. The molecule has 78 valence electrons. The zero-order chi connectivity index (χ0) is 10.8. The van der Waals surface area contributed by atoms with Crippen molar-refractivity contribution in [1.29, 1.82) is 0 Å². The van der Waals surface area contributed by atoms with Gasteiger partial charge >= 0.3 is 0 Å². The number of aromatic nitrogens is 1. The topological polar surface area (TPSA) is 30.0 Å². The molecule has 0 unspecified atom stereocenters. The van der Waals surface area contributed by atoms with Crippen molar-refractivity contribution >= 4 is 17.1 Å². The SMILES string of the molecule is CCC(=O)Cc1nc(C(C)(C)C)cs1. The van der Waals surface area contributed by atoms with Crippen LogP contribution in [0.25, 0.3) is 0 Å². The van der Waals surface area contributed by atoms with E-state index in [2.05, 4.69) is 31.1 Å². The monoisotopic (exact) mass is 211 g/mol. The lowest BCUT2D eigenvalue weighted by molar-refractivity contribution is -0.118. The van der Waals surface area contributed by atoms with Crippen LogP contribution in [0.1, 0.15) is 44.8 Å². The fourth-order valence-corrected chi connectivity index (χ4v) is 2.08. The Morgan fingerprint density at radius 1 is 1.50 bits per heavy atom. The van der Waals surface area contributed by atoms with Crippen LogP contribution in [0.3, 0.4) is 0 Å². The van der Waals surface area contributed by atoms with Gasteiger partial charge in [0.05, 0.1) is 12.1 Å². The minimum atomic E-state index is 0.0873. The summed E-state index contributed by atoms with van der Waals surface area (Å²) < 4.78 is 0. The van der Waals surface area contributed by atoms with Crippen LogP contribution in [0.4, 0.5) is 0 Å². The molecular formula is C11H17NOS. The molecule has 0 saturated carbocycles. The number of carbonyl (C=O) groups excluding carboxylic acids is 1. The highest BCUT2D eigenvalue weighted by Crippen LogP contribution is 2.24. The van der Waals surface area contributed by atoms with Crippen LogP contribution in [0.2, 0.25) is 0 Å². The van der Waals surface area contributed by atoms with Crippen LogP contribution in [0, 0.1) is 0 Å². The average Bonchev–Trinajstić information content (AvgIpc) is 2.51. The van der Waals surface area contributed by atoms with Crippen LogP contribution < -0.4 is 0 Å². The van der Waals surface area contributed by atoms with E-state index >= 15 is 0 Å². The molecule has 0 aliphatic carbocycles. The number of Topliss-reactive ketones (excluding diaryl/α,β-unsaturated/α-hetero) is 1. The molecule has 0 saturated heterocycles. The minimum absolute atomic E-state index is 0.0873. The number of thiazole rings is 1. The largest absolute Gasteiger partial charge is 0.299 e. The van der Waals surface area contributed by atoms with Gasteiger partial charge in [-0.2, -0.15) is 0 Å². The summed E-state index contributed by atoms with van der Waals surface area (Å²) in [4.78, 5) is 15.7. The molecule has 0 aliphatic heterocycles. The summed E-state index contributed by atoms with van der Waals surface area (Å²) >= 11 is 1.59. The van der Waals surface area contributed by atoms with Gasteiger partial charge in [0.2, 0.25) is 0 Å². The summed E-state index contributed by atoms with van der Waals surface area (Å²) in [5, 5.41) is 3.00. The Balaban J connectivity index is 2.74. The predicted molar refractivity (Wildman–Crippen MR) is 59.8 cm³/mol. The lowest BCUT2D eigenvalue weighted by Gasteiger charge is -2.14. The molecule has 1 rings (SSSR count). The zero-order valence-corrected chi connectivity index (χ0v) is 10.1. The molecular weight excluding hydrogens is 194 g/mol. The first-order valence-corrected chi connectivity index (χ1v) is 5.78. The summed E-state index contributed by atoms with van der Waals surface area (Å²) in [6.07, 6.45) is 1.10. The molecule has 0 N–H and O–H groups in total. The fourth-order valence-electron chi connectivity index (χ4n) is 1.03. The molecule has 0 aromatic carbocycles. The Morgan fingerprint density at radius 2 is 2.14 bits per heavy atom. The van der Waals surface area contributed by atoms with Gasteiger partial charge in [-0.3, -0.25) is 4.79 Å². The predicted octanol–water partition coefficient (Wildman–Crippen LogP) is 2.96. The van der Waals surface area contributed by atoms with Crippen LogP contribution in [0.15, 0.2) is 5.38 Å². The highest BCUT2D eigenvalue weighted by molar-refractivity contribution is 7.09. The molecule has 1 aromatic rings. The van der Waals surface area contributed by atoms with Gasteiger partial charge in [0.1, 0.15) is 10.8 Å². The number of nitrogens with zero attached hydrogens (tertiary/aromatic N) is 1. The Morgan fingerprint density at radius 3 is 2.57 bits per heavy atom. The van der Waals surface area contributed by atoms with Gasteiger partial charge in [0.15, 0.2) is 0 Å². The molecule has 0 aliphatic rings. The van der Waals surface area contributed by atoms with E-state index in [1.54, 1.807) is 11.3 Å². The summed E-state index contributed by atoms with van der Waals surface area (Å²) in [5.74, 6) is 0.264. The highest BCUT2D eigenvalue weighted by atomic mass is 32.1. The van der Waals surface area contributed by atoms with Gasteiger partial charge in [-0.15, -0.1) is 11.3 Å². The molecule has 1 heterocycles. The fraction of sp³-hybridized carbons (Fsp3) is 0.636. The number of rotatable bonds is 3.